The van der Waals surface area contributed by atoms with Gasteiger partial charge in [-0.3, -0.25) is 9.11 Å². The Morgan fingerprint density at radius 3 is 1.27 bits per heavy atom. The van der Waals surface area contributed by atoms with Crippen LogP contribution in [-0.4, -0.2) is 50.7 Å². The van der Waals surface area contributed by atoms with Gasteiger partial charge in [0.1, 0.15) is 0 Å². The first-order valence-corrected chi connectivity index (χ1v) is 12.5. The third-order valence-corrected chi connectivity index (χ3v) is 6.10. The predicted molar refractivity (Wildman–Crippen MR) is 112 cm³/mol. The van der Waals surface area contributed by atoms with Crippen molar-refractivity contribution < 1.29 is 35.4 Å². The monoisotopic (exact) mass is 458 g/mol. The minimum Gasteiger partial charge on any atom is -0.376 e. The van der Waals surface area contributed by atoms with Crippen LogP contribution in [0.15, 0.2) is 60.7 Å². The number of hydrogen-bond acceptors (Lipinski definition) is 6. The van der Waals surface area contributed by atoms with Crippen molar-refractivity contribution >= 4 is 20.2 Å². The van der Waals surface area contributed by atoms with E-state index in [2.05, 4.69) is 0 Å². The maximum atomic E-state index is 11.5. The maximum Gasteiger partial charge on any atom is 0.265 e. The molecule has 8 nitrogen and oxygen atoms in total. The molecule has 2 atom stereocenters. The van der Waals surface area contributed by atoms with Crippen molar-refractivity contribution in [3.63, 3.8) is 0 Å². The molecule has 2 N–H and O–H groups in total. The minimum absolute atomic E-state index is 0.135. The standard InChI is InChI=1S/C20H26O8S2/c21-29(22,23)15-19(13-27-11-17-7-3-1-4-8-17)20(16-30(24,25)26)14-28-12-18-9-5-2-6-10-18/h1-10,19-20H,11-16H2,(H,21,22,23)(H,24,25,26)/t19-,20-/m1/s1. The van der Waals surface area contributed by atoms with Gasteiger partial charge in [0, 0.05) is 11.8 Å². The van der Waals surface area contributed by atoms with E-state index in [9.17, 15) is 25.9 Å². The molecule has 0 aliphatic rings. The topological polar surface area (TPSA) is 127 Å². The number of rotatable bonds is 13. The molecule has 166 valence electrons. The van der Waals surface area contributed by atoms with Gasteiger partial charge in [-0.15, -0.1) is 0 Å². The first kappa shape index (κ1) is 24.4. The second-order valence-electron chi connectivity index (χ2n) is 7.02. The lowest BCUT2D eigenvalue weighted by atomic mass is 9.97. The summed E-state index contributed by atoms with van der Waals surface area (Å²) in [5, 5.41) is 0. The lowest BCUT2D eigenvalue weighted by Gasteiger charge is -2.25. The molecule has 0 fully saturated rings. The average molecular weight is 459 g/mol. The molecule has 0 radical (unpaired) electrons. The maximum absolute atomic E-state index is 11.5. The summed E-state index contributed by atoms with van der Waals surface area (Å²) in [6.45, 7) is 0.103. The molecule has 0 aromatic heterocycles. The quantitative estimate of drug-likeness (QED) is 0.438. The van der Waals surface area contributed by atoms with Crippen molar-refractivity contribution in [1.29, 1.82) is 0 Å². The Bertz CT molecular complexity index is 879. The van der Waals surface area contributed by atoms with Crippen molar-refractivity contribution in [2.45, 2.75) is 13.2 Å². The number of hydrogen-bond donors (Lipinski definition) is 2. The Kier molecular flexibility index (Phi) is 9.40. The summed E-state index contributed by atoms with van der Waals surface area (Å²) in [4.78, 5) is 0. The molecular formula is C20H26O8S2. The van der Waals surface area contributed by atoms with Crippen LogP contribution in [0.4, 0.5) is 0 Å². The molecule has 0 bridgehead atoms. The SMILES string of the molecule is O=S(=O)(O)C[C@@H](COCc1ccccc1)[C@H](COCc1ccccc1)CS(=O)(=O)O. The van der Waals surface area contributed by atoms with E-state index in [1.54, 1.807) is 0 Å². The van der Waals surface area contributed by atoms with Gasteiger partial charge in [0.25, 0.3) is 20.2 Å². The van der Waals surface area contributed by atoms with Gasteiger partial charge in [0.2, 0.25) is 0 Å². The van der Waals surface area contributed by atoms with Crippen LogP contribution in [0.2, 0.25) is 0 Å². The predicted octanol–water partition coefficient (Wildman–Crippen LogP) is 2.43. The second kappa shape index (κ2) is 11.5. The largest absolute Gasteiger partial charge is 0.376 e. The van der Waals surface area contributed by atoms with E-state index in [1.165, 1.54) is 0 Å². The summed E-state index contributed by atoms with van der Waals surface area (Å²) in [5.74, 6) is -3.23. The smallest absolute Gasteiger partial charge is 0.265 e. The first-order chi connectivity index (χ1) is 14.1. The number of benzene rings is 2. The van der Waals surface area contributed by atoms with Crippen molar-refractivity contribution in [2.75, 3.05) is 24.7 Å². The Morgan fingerprint density at radius 2 is 0.967 bits per heavy atom. The third kappa shape index (κ3) is 10.3. The molecular weight excluding hydrogens is 432 g/mol. The summed E-state index contributed by atoms with van der Waals surface area (Å²) >= 11 is 0. The molecule has 0 aliphatic heterocycles. The minimum atomic E-state index is -4.41. The zero-order valence-corrected chi connectivity index (χ0v) is 18.0. The van der Waals surface area contributed by atoms with Crippen LogP contribution in [0, 0.1) is 11.8 Å². The van der Waals surface area contributed by atoms with E-state index in [0.717, 1.165) is 11.1 Å². The molecule has 0 unspecified atom stereocenters. The Balaban J connectivity index is 2.07. The van der Waals surface area contributed by atoms with Crippen LogP contribution in [0.1, 0.15) is 11.1 Å². The third-order valence-electron chi connectivity index (χ3n) is 4.40. The molecule has 2 rings (SSSR count). The van der Waals surface area contributed by atoms with Gasteiger partial charge in [-0.1, -0.05) is 60.7 Å². The van der Waals surface area contributed by atoms with Crippen molar-refractivity contribution in [2.24, 2.45) is 11.8 Å². The van der Waals surface area contributed by atoms with E-state index >= 15 is 0 Å². The molecule has 0 amide bonds. The van der Waals surface area contributed by atoms with Gasteiger partial charge in [0.15, 0.2) is 0 Å². The molecule has 10 heteroatoms. The van der Waals surface area contributed by atoms with Crippen LogP contribution in [0.3, 0.4) is 0 Å². The van der Waals surface area contributed by atoms with Crippen molar-refractivity contribution in [3.05, 3.63) is 71.8 Å². The summed E-state index contributed by atoms with van der Waals surface area (Å²) in [6.07, 6.45) is 0. The van der Waals surface area contributed by atoms with Gasteiger partial charge < -0.3 is 9.47 Å². The summed E-state index contributed by atoms with van der Waals surface area (Å²) in [6, 6.07) is 18.3. The molecule has 0 saturated carbocycles. The highest BCUT2D eigenvalue weighted by Gasteiger charge is 2.30. The lowest BCUT2D eigenvalue weighted by Crippen LogP contribution is -2.35. The van der Waals surface area contributed by atoms with E-state index in [-0.39, 0.29) is 26.4 Å². The lowest BCUT2D eigenvalue weighted by molar-refractivity contribution is 0.0342. The average Bonchev–Trinajstić information content (AvgIpc) is 2.66. The van der Waals surface area contributed by atoms with Crippen LogP contribution < -0.4 is 0 Å². The van der Waals surface area contributed by atoms with E-state index in [1.807, 2.05) is 60.7 Å². The van der Waals surface area contributed by atoms with Gasteiger partial charge in [0.05, 0.1) is 37.9 Å². The molecule has 0 saturated heterocycles. The fourth-order valence-corrected chi connectivity index (χ4v) is 4.81. The number of ether oxygens (including phenoxy) is 2. The van der Waals surface area contributed by atoms with Crippen LogP contribution in [0.25, 0.3) is 0 Å². The molecule has 2 aromatic rings. The summed E-state index contributed by atoms with van der Waals surface area (Å²) in [7, 11) is -8.82. The molecule has 0 heterocycles. The van der Waals surface area contributed by atoms with E-state index < -0.39 is 43.6 Å². The molecule has 0 aliphatic carbocycles. The first-order valence-electron chi connectivity index (χ1n) is 9.26. The zero-order chi connectivity index (χ0) is 22.0. The summed E-state index contributed by atoms with van der Waals surface area (Å²) in [5.41, 5.74) is 1.71. The van der Waals surface area contributed by atoms with Gasteiger partial charge in [-0.2, -0.15) is 16.8 Å². The highest BCUT2D eigenvalue weighted by atomic mass is 32.2. The van der Waals surface area contributed by atoms with E-state index in [4.69, 9.17) is 9.47 Å². The van der Waals surface area contributed by atoms with Crippen molar-refractivity contribution in [1.82, 2.24) is 0 Å². The highest BCUT2D eigenvalue weighted by Crippen LogP contribution is 2.20. The van der Waals surface area contributed by atoms with Gasteiger partial charge in [-0.25, -0.2) is 0 Å². The fraction of sp³-hybridized carbons (Fsp3) is 0.400. The van der Waals surface area contributed by atoms with Crippen LogP contribution in [0.5, 0.6) is 0 Å². The summed E-state index contributed by atoms with van der Waals surface area (Å²) < 4.78 is 75.7. The van der Waals surface area contributed by atoms with Gasteiger partial charge >= 0.3 is 0 Å². The van der Waals surface area contributed by atoms with Crippen molar-refractivity contribution in [3.8, 4) is 0 Å². The molecule has 2 aromatic carbocycles. The fourth-order valence-electron chi connectivity index (χ4n) is 2.99. The zero-order valence-electron chi connectivity index (χ0n) is 16.3. The molecule has 30 heavy (non-hydrogen) atoms. The second-order valence-corrected chi connectivity index (χ2v) is 10.0. The van der Waals surface area contributed by atoms with E-state index in [0.29, 0.717) is 0 Å². The Hall–Kier alpha value is -1.82. The highest BCUT2D eigenvalue weighted by molar-refractivity contribution is 7.86. The van der Waals surface area contributed by atoms with Crippen LogP contribution in [-0.2, 0) is 42.9 Å². The molecule has 0 spiro atoms. The van der Waals surface area contributed by atoms with Gasteiger partial charge in [-0.05, 0) is 11.1 Å². The van der Waals surface area contributed by atoms with Crippen LogP contribution >= 0.6 is 0 Å². The Labute approximate surface area is 177 Å². The Morgan fingerprint density at radius 1 is 0.633 bits per heavy atom. The normalized spacial score (nSPS) is 14.3.